The molecule has 0 saturated heterocycles. The lowest BCUT2D eigenvalue weighted by molar-refractivity contribution is -0.120. The highest BCUT2D eigenvalue weighted by Crippen LogP contribution is 2.42. The zero-order valence-corrected chi connectivity index (χ0v) is 15.5. The van der Waals surface area contributed by atoms with E-state index in [0.717, 1.165) is 25.7 Å². The summed E-state index contributed by atoms with van der Waals surface area (Å²) in [5.74, 6) is -0.303. The summed E-state index contributed by atoms with van der Waals surface area (Å²) in [6, 6.07) is 12.2. The molecule has 0 spiro atoms. The van der Waals surface area contributed by atoms with E-state index in [9.17, 15) is 13.2 Å². The average molecular weight is 379 g/mol. The number of nitrogens with one attached hydrogen (secondary N) is 2. The number of sulfonamides is 1. The summed E-state index contributed by atoms with van der Waals surface area (Å²) >= 11 is 1.72. The van der Waals surface area contributed by atoms with Crippen LogP contribution in [0.5, 0.6) is 0 Å². The lowest BCUT2D eigenvalue weighted by atomic mass is 9.84. The monoisotopic (exact) mass is 378 g/mol. The number of amides is 1. The molecule has 25 heavy (non-hydrogen) atoms. The Morgan fingerprint density at radius 3 is 2.44 bits per heavy atom. The van der Waals surface area contributed by atoms with Gasteiger partial charge >= 0.3 is 0 Å². The quantitative estimate of drug-likeness (QED) is 0.778. The molecule has 0 atom stereocenters. The number of hydrogen-bond donors (Lipinski definition) is 2. The summed E-state index contributed by atoms with van der Waals surface area (Å²) in [5.41, 5.74) is 0.00211. The summed E-state index contributed by atoms with van der Waals surface area (Å²) < 4.78 is 26.7. The maximum atomic E-state index is 12.2. The third-order valence-electron chi connectivity index (χ3n) is 4.70. The predicted octanol–water partition coefficient (Wildman–Crippen LogP) is 2.65. The second-order valence-electron chi connectivity index (χ2n) is 6.38. The van der Waals surface area contributed by atoms with E-state index < -0.39 is 10.0 Å². The minimum atomic E-state index is -3.66. The van der Waals surface area contributed by atoms with E-state index >= 15 is 0 Å². The maximum Gasteiger partial charge on any atom is 0.241 e. The number of carbonyl (C=O) groups excluding carboxylic acids is 1. The molecule has 0 bridgehead atoms. The van der Waals surface area contributed by atoms with Crippen molar-refractivity contribution in [3.63, 3.8) is 0 Å². The summed E-state index contributed by atoms with van der Waals surface area (Å²) in [5, 5.41) is 4.98. The molecule has 134 valence electrons. The highest BCUT2D eigenvalue weighted by atomic mass is 32.2. The van der Waals surface area contributed by atoms with Crippen molar-refractivity contribution in [2.24, 2.45) is 0 Å². The van der Waals surface area contributed by atoms with Crippen LogP contribution in [0.1, 0.15) is 30.6 Å². The van der Waals surface area contributed by atoms with Gasteiger partial charge in [0, 0.05) is 16.8 Å². The van der Waals surface area contributed by atoms with Crippen LogP contribution < -0.4 is 10.0 Å². The van der Waals surface area contributed by atoms with Gasteiger partial charge < -0.3 is 5.32 Å². The molecule has 1 aliphatic rings. The van der Waals surface area contributed by atoms with Crippen molar-refractivity contribution in [2.75, 3.05) is 13.1 Å². The number of hydrogen-bond acceptors (Lipinski definition) is 4. The Hall–Kier alpha value is -1.70. The first-order valence-electron chi connectivity index (χ1n) is 8.37. The molecule has 1 fully saturated rings. The molecule has 0 radical (unpaired) electrons. The van der Waals surface area contributed by atoms with E-state index in [2.05, 4.69) is 21.5 Å². The molecule has 1 aliphatic carbocycles. The Morgan fingerprint density at radius 1 is 1.08 bits per heavy atom. The lowest BCUT2D eigenvalue weighted by Crippen LogP contribution is -2.43. The normalized spacial score (nSPS) is 16.6. The summed E-state index contributed by atoms with van der Waals surface area (Å²) in [4.78, 5) is 13.6. The van der Waals surface area contributed by atoms with Crippen LogP contribution in [0.3, 0.4) is 0 Å². The number of rotatable bonds is 7. The highest BCUT2D eigenvalue weighted by molar-refractivity contribution is 7.89. The van der Waals surface area contributed by atoms with Gasteiger partial charge in [0.25, 0.3) is 0 Å². The molecule has 1 heterocycles. The second kappa shape index (κ2) is 7.68. The van der Waals surface area contributed by atoms with Gasteiger partial charge in [-0.05, 0) is 36.4 Å². The molecule has 0 unspecified atom stereocenters. The van der Waals surface area contributed by atoms with Gasteiger partial charge in [-0.25, -0.2) is 13.1 Å². The summed E-state index contributed by atoms with van der Waals surface area (Å²) in [7, 11) is -3.66. The van der Waals surface area contributed by atoms with Crippen molar-refractivity contribution >= 4 is 27.3 Å². The van der Waals surface area contributed by atoms with Gasteiger partial charge in [-0.3, -0.25) is 4.79 Å². The summed E-state index contributed by atoms with van der Waals surface area (Å²) in [6.07, 6.45) is 4.44. The lowest BCUT2D eigenvalue weighted by Gasteiger charge is -2.28. The van der Waals surface area contributed by atoms with E-state index in [1.54, 1.807) is 29.5 Å². The van der Waals surface area contributed by atoms with Crippen LogP contribution in [0.4, 0.5) is 0 Å². The largest absolute Gasteiger partial charge is 0.354 e. The summed E-state index contributed by atoms with van der Waals surface area (Å²) in [6.45, 7) is 0.303. The van der Waals surface area contributed by atoms with Gasteiger partial charge in [0.15, 0.2) is 0 Å². The zero-order valence-electron chi connectivity index (χ0n) is 13.9. The smallest absolute Gasteiger partial charge is 0.241 e. The van der Waals surface area contributed by atoms with Crippen LogP contribution in [-0.2, 0) is 20.2 Å². The number of thiophene rings is 1. The first-order valence-corrected chi connectivity index (χ1v) is 10.7. The Morgan fingerprint density at radius 2 is 1.80 bits per heavy atom. The van der Waals surface area contributed by atoms with Crippen LogP contribution >= 0.6 is 11.3 Å². The van der Waals surface area contributed by atoms with Crippen molar-refractivity contribution in [1.29, 1.82) is 0 Å². The third-order valence-corrected chi connectivity index (χ3v) is 7.24. The topological polar surface area (TPSA) is 75.3 Å². The Balaban J connectivity index is 1.56. The zero-order chi connectivity index (χ0) is 17.8. The van der Waals surface area contributed by atoms with Gasteiger partial charge in [-0.2, -0.15) is 0 Å². The standard InChI is InChI=1S/C18H22N2O3S2/c21-17(13-20-25(22,23)15-7-2-1-3-8-15)19-14-18(10-4-5-11-18)16-9-6-12-24-16/h1-3,6-9,12,20H,4-5,10-11,13-14H2,(H,19,21). The third kappa shape index (κ3) is 4.29. The minimum Gasteiger partial charge on any atom is -0.354 e. The fourth-order valence-corrected chi connectivity index (χ4v) is 5.31. The molecule has 1 saturated carbocycles. The molecule has 1 amide bonds. The van der Waals surface area contributed by atoms with Gasteiger partial charge in [-0.15, -0.1) is 11.3 Å². The van der Waals surface area contributed by atoms with Crippen LogP contribution in [0.15, 0.2) is 52.7 Å². The van der Waals surface area contributed by atoms with Crippen LogP contribution in [0, 0.1) is 0 Å². The van der Waals surface area contributed by atoms with Gasteiger partial charge in [-0.1, -0.05) is 37.1 Å². The van der Waals surface area contributed by atoms with Crippen molar-refractivity contribution in [1.82, 2.24) is 10.0 Å². The second-order valence-corrected chi connectivity index (χ2v) is 9.09. The molecular formula is C18H22N2O3S2. The number of carbonyl (C=O) groups is 1. The highest BCUT2D eigenvalue weighted by Gasteiger charge is 2.36. The van der Waals surface area contributed by atoms with Crippen LogP contribution in [0.25, 0.3) is 0 Å². The molecule has 1 aromatic carbocycles. The van der Waals surface area contributed by atoms with Crippen molar-refractivity contribution in [2.45, 2.75) is 36.0 Å². The molecule has 1 aromatic heterocycles. The van der Waals surface area contributed by atoms with E-state index in [-0.39, 0.29) is 22.8 Å². The first-order chi connectivity index (χ1) is 12.0. The van der Waals surface area contributed by atoms with E-state index in [1.807, 2.05) is 6.07 Å². The first kappa shape index (κ1) is 18.1. The van der Waals surface area contributed by atoms with Crippen molar-refractivity contribution < 1.29 is 13.2 Å². The van der Waals surface area contributed by atoms with Crippen LogP contribution in [-0.4, -0.2) is 27.4 Å². The fraction of sp³-hybridized carbons (Fsp3) is 0.389. The van der Waals surface area contributed by atoms with Gasteiger partial charge in [0.1, 0.15) is 0 Å². The average Bonchev–Trinajstić information content (AvgIpc) is 3.31. The molecular weight excluding hydrogens is 356 g/mol. The van der Waals surface area contributed by atoms with Crippen LogP contribution in [0.2, 0.25) is 0 Å². The fourth-order valence-electron chi connectivity index (χ4n) is 3.32. The van der Waals surface area contributed by atoms with E-state index in [1.165, 1.54) is 17.0 Å². The minimum absolute atomic E-state index is 0.00211. The van der Waals surface area contributed by atoms with Crippen molar-refractivity contribution in [3.8, 4) is 0 Å². The molecule has 2 N–H and O–H groups in total. The Kier molecular flexibility index (Phi) is 5.56. The molecule has 5 nitrogen and oxygen atoms in total. The Bertz CT molecular complexity index is 796. The SMILES string of the molecule is O=C(CNS(=O)(=O)c1ccccc1)NCC1(c2cccs2)CCCC1. The van der Waals surface area contributed by atoms with E-state index in [0.29, 0.717) is 6.54 Å². The van der Waals surface area contributed by atoms with Gasteiger partial charge in [0.2, 0.25) is 15.9 Å². The van der Waals surface area contributed by atoms with E-state index in [4.69, 9.17) is 0 Å². The molecule has 7 heteroatoms. The molecule has 2 aromatic rings. The Labute approximate surface area is 152 Å². The predicted molar refractivity (Wildman–Crippen MR) is 99.1 cm³/mol. The molecule has 0 aliphatic heterocycles. The van der Waals surface area contributed by atoms with Crippen molar-refractivity contribution in [3.05, 3.63) is 52.7 Å². The van der Waals surface area contributed by atoms with Gasteiger partial charge in [0.05, 0.1) is 11.4 Å². The molecule has 3 rings (SSSR count). The number of benzene rings is 1. The maximum absolute atomic E-state index is 12.2.